The fourth-order valence-corrected chi connectivity index (χ4v) is 4.01. The van der Waals surface area contributed by atoms with Crippen molar-refractivity contribution >= 4 is 0 Å². The van der Waals surface area contributed by atoms with Gasteiger partial charge in [-0.25, -0.2) is 0 Å². The third kappa shape index (κ3) is 4.26. The fourth-order valence-electron chi connectivity index (χ4n) is 4.01. The molecule has 2 rings (SSSR count). The van der Waals surface area contributed by atoms with E-state index >= 15 is 0 Å². The maximum atomic E-state index is 6.10. The van der Waals surface area contributed by atoms with E-state index in [2.05, 4.69) is 13.8 Å². The molecule has 0 N–H and O–H groups in total. The van der Waals surface area contributed by atoms with Gasteiger partial charge in [-0.05, 0) is 69.8 Å². The van der Waals surface area contributed by atoms with Crippen LogP contribution in [-0.4, -0.2) is 6.61 Å². The average molecular weight is 264 g/mol. The molecule has 0 bridgehead atoms. The standard InChI is InChI=1S/C18H32O/c1-3-8-15-11-13-17(14-12-15)18(19-4-2)16-9-6-5-7-10-16/h15,17H,3-14H2,1-2H3. The summed E-state index contributed by atoms with van der Waals surface area (Å²) in [6.45, 7) is 5.32. The molecule has 2 fully saturated rings. The van der Waals surface area contributed by atoms with Crippen LogP contribution in [0.4, 0.5) is 0 Å². The number of hydrogen-bond acceptors (Lipinski definition) is 1. The zero-order valence-corrected chi connectivity index (χ0v) is 13.0. The first-order valence-electron chi connectivity index (χ1n) is 8.69. The lowest BCUT2D eigenvalue weighted by Gasteiger charge is -2.32. The third-order valence-electron chi connectivity index (χ3n) is 5.02. The number of ether oxygens (including phenoxy) is 1. The molecule has 0 unspecified atom stereocenters. The first-order chi connectivity index (χ1) is 9.35. The molecule has 0 aromatic carbocycles. The van der Waals surface area contributed by atoms with Gasteiger partial charge in [-0.3, -0.25) is 0 Å². The Morgan fingerprint density at radius 2 is 1.68 bits per heavy atom. The molecule has 0 atom stereocenters. The minimum atomic E-state index is 0.751. The fraction of sp³-hybridized carbons (Fsp3) is 0.889. The Labute approximate surface area is 119 Å². The van der Waals surface area contributed by atoms with Crippen LogP contribution in [0.2, 0.25) is 0 Å². The topological polar surface area (TPSA) is 9.23 Å². The molecule has 0 saturated heterocycles. The van der Waals surface area contributed by atoms with E-state index in [1.165, 1.54) is 76.4 Å². The van der Waals surface area contributed by atoms with Crippen molar-refractivity contribution in [2.24, 2.45) is 11.8 Å². The highest BCUT2D eigenvalue weighted by molar-refractivity contribution is 5.14. The van der Waals surface area contributed by atoms with E-state index in [1.54, 1.807) is 5.57 Å². The van der Waals surface area contributed by atoms with Crippen LogP contribution >= 0.6 is 0 Å². The minimum Gasteiger partial charge on any atom is -0.498 e. The lowest BCUT2D eigenvalue weighted by Crippen LogP contribution is -2.19. The molecule has 19 heavy (non-hydrogen) atoms. The van der Waals surface area contributed by atoms with Gasteiger partial charge in [0.15, 0.2) is 0 Å². The molecule has 0 heterocycles. The maximum absolute atomic E-state index is 6.10. The van der Waals surface area contributed by atoms with Gasteiger partial charge < -0.3 is 4.74 Å². The van der Waals surface area contributed by atoms with Crippen LogP contribution in [-0.2, 0) is 4.74 Å². The van der Waals surface area contributed by atoms with Crippen molar-refractivity contribution < 1.29 is 4.74 Å². The second-order valence-corrected chi connectivity index (χ2v) is 6.47. The number of hydrogen-bond donors (Lipinski definition) is 0. The molecule has 0 spiro atoms. The molecular formula is C18H32O. The van der Waals surface area contributed by atoms with Gasteiger partial charge in [0.2, 0.25) is 0 Å². The highest BCUT2D eigenvalue weighted by atomic mass is 16.5. The van der Waals surface area contributed by atoms with Crippen LogP contribution in [0.3, 0.4) is 0 Å². The highest BCUT2D eigenvalue weighted by Gasteiger charge is 2.26. The second kappa shape index (κ2) is 7.97. The Hall–Kier alpha value is -0.460. The first kappa shape index (κ1) is 14.9. The van der Waals surface area contributed by atoms with Gasteiger partial charge in [-0.2, -0.15) is 0 Å². The zero-order valence-electron chi connectivity index (χ0n) is 13.0. The van der Waals surface area contributed by atoms with E-state index in [0.29, 0.717) is 0 Å². The molecule has 0 amide bonds. The second-order valence-electron chi connectivity index (χ2n) is 6.47. The van der Waals surface area contributed by atoms with E-state index in [-0.39, 0.29) is 0 Å². The lowest BCUT2D eigenvalue weighted by atomic mass is 9.77. The summed E-state index contributed by atoms with van der Waals surface area (Å²) in [7, 11) is 0. The summed E-state index contributed by atoms with van der Waals surface area (Å²) in [4.78, 5) is 0. The van der Waals surface area contributed by atoms with Crippen molar-refractivity contribution in [1.29, 1.82) is 0 Å². The Morgan fingerprint density at radius 1 is 1.00 bits per heavy atom. The minimum absolute atomic E-state index is 0.751. The summed E-state index contributed by atoms with van der Waals surface area (Å²) < 4.78 is 6.10. The van der Waals surface area contributed by atoms with Crippen LogP contribution < -0.4 is 0 Å². The summed E-state index contributed by atoms with van der Waals surface area (Å²) in [5.74, 6) is 3.18. The molecule has 1 nitrogen and oxygen atoms in total. The van der Waals surface area contributed by atoms with Crippen molar-refractivity contribution in [2.75, 3.05) is 6.61 Å². The summed E-state index contributed by atoms with van der Waals surface area (Å²) in [6, 6.07) is 0. The predicted molar refractivity (Wildman–Crippen MR) is 82.1 cm³/mol. The van der Waals surface area contributed by atoms with Crippen LogP contribution in [0.5, 0.6) is 0 Å². The number of allylic oxidation sites excluding steroid dienone is 2. The first-order valence-corrected chi connectivity index (χ1v) is 8.69. The van der Waals surface area contributed by atoms with E-state index in [1.807, 2.05) is 0 Å². The maximum Gasteiger partial charge on any atom is 0.0982 e. The monoisotopic (exact) mass is 264 g/mol. The van der Waals surface area contributed by atoms with Crippen LogP contribution in [0.25, 0.3) is 0 Å². The normalized spacial score (nSPS) is 28.2. The number of rotatable bonds is 5. The van der Waals surface area contributed by atoms with E-state index < -0.39 is 0 Å². The molecule has 110 valence electrons. The molecule has 1 heteroatoms. The van der Waals surface area contributed by atoms with Crippen LogP contribution in [0, 0.1) is 11.8 Å². The van der Waals surface area contributed by atoms with E-state index in [9.17, 15) is 0 Å². The zero-order chi connectivity index (χ0) is 13.5. The summed E-state index contributed by atoms with van der Waals surface area (Å²) >= 11 is 0. The average Bonchev–Trinajstić information content (AvgIpc) is 2.47. The molecule has 0 aromatic rings. The van der Waals surface area contributed by atoms with Gasteiger partial charge in [0, 0.05) is 5.92 Å². The molecule has 2 aliphatic rings. The Kier molecular flexibility index (Phi) is 6.26. The molecule has 2 saturated carbocycles. The summed E-state index contributed by atoms with van der Waals surface area (Å²) in [6.07, 6.45) is 15.2. The van der Waals surface area contributed by atoms with Gasteiger partial charge in [0.25, 0.3) is 0 Å². The van der Waals surface area contributed by atoms with Crippen molar-refractivity contribution in [2.45, 2.75) is 84.5 Å². The Morgan fingerprint density at radius 3 is 2.26 bits per heavy atom. The van der Waals surface area contributed by atoms with Gasteiger partial charge in [0.05, 0.1) is 12.4 Å². The largest absolute Gasteiger partial charge is 0.498 e. The Balaban J connectivity index is 1.96. The molecule has 0 aromatic heterocycles. The Bertz CT molecular complexity index is 276. The van der Waals surface area contributed by atoms with Crippen molar-refractivity contribution in [1.82, 2.24) is 0 Å². The quantitative estimate of drug-likeness (QED) is 0.566. The van der Waals surface area contributed by atoms with Gasteiger partial charge >= 0.3 is 0 Å². The SMILES string of the molecule is CCCC1CCC(C(OCC)=C2CCCCC2)CC1. The lowest BCUT2D eigenvalue weighted by molar-refractivity contribution is 0.151. The van der Waals surface area contributed by atoms with Crippen LogP contribution in [0.1, 0.15) is 84.5 Å². The van der Waals surface area contributed by atoms with Crippen molar-refractivity contribution in [3.05, 3.63) is 11.3 Å². The molecule has 2 aliphatic carbocycles. The van der Waals surface area contributed by atoms with Gasteiger partial charge in [0.1, 0.15) is 0 Å². The van der Waals surface area contributed by atoms with Crippen molar-refractivity contribution in [3.63, 3.8) is 0 Å². The van der Waals surface area contributed by atoms with Gasteiger partial charge in [-0.1, -0.05) is 26.2 Å². The predicted octanol–water partition coefficient (Wildman–Crippen LogP) is 5.85. The van der Waals surface area contributed by atoms with E-state index in [4.69, 9.17) is 4.74 Å². The smallest absolute Gasteiger partial charge is 0.0982 e. The summed E-state index contributed by atoms with van der Waals surface area (Å²) in [5, 5.41) is 0. The summed E-state index contributed by atoms with van der Waals surface area (Å²) in [5.41, 5.74) is 1.67. The molecular weight excluding hydrogens is 232 g/mol. The molecule has 0 aliphatic heterocycles. The van der Waals surface area contributed by atoms with Crippen molar-refractivity contribution in [3.8, 4) is 0 Å². The van der Waals surface area contributed by atoms with E-state index in [0.717, 1.165) is 18.4 Å². The molecule has 0 radical (unpaired) electrons. The third-order valence-corrected chi connectivity index (χ3v) is 5.02. The van der Waals surface area contributed by atoms with Crippen LogP contribution in [0.15, 0.2) is 11.3 Å². The highest BCUT2D eigenvalue weighted by Crippen LogP contribution is 2.39. The van der Waals surface area contributed by atoms with Gasteiger partial charge in [-0.15, -0.1) is 0 Å².